The highest BCUT2D eigenvalue weighted by Gasteiger charge is 2.47. The van der Waals surface area contributed by atoms with Crippen molar-refractivity contribution in [2.45, 2.75) is 24.7 Å². The quantitative estimate of drug-likeness (QED) is 0.801. The average Bonchev–Trinajstić information content (AvgIpc) is 2.37. The van der Waals surface area contributed by atoms with Crippen LogP contribution in [0.25, 0.3) is 0 Å². The first-order valence-corrected chi connectivity index (χ1v) is 6.96. The summed E-state index contributed by atoms with van der Waals surface area (Å²) in [4.78, 5) is 25.4. The van der Waals surface area contributed by atoms with E-state index in [0.717, 1.165) is 24.8 Å². The van der Waals surface area contributed by atoms with E-state index >= 15 is 0 Å². The number of likely N-dealkylation sites (N-methyl/N-ethyl adjacent to an activating group) is 1. The number of methoxy groups -OCH3 is 1. The maximum absolute atomic E-state index is 12.7. The molecule has 1 amide bonds. The lowest BCUT2D eigenvalue weighted by Crippen LogP contribution is -2.51. The van der Waals surface area contributed by atoms with Gasteiger partial charge in [-0.25, -0.2) is 0 Å². The molecule has 0 radical (unpaired) electrons. The molecule has 4 nitrogen and oxygen atoms in total. The van der Waals surface area contributed by atoms with Gasteiger partial charge in [0.15, 0.2) is 0 Å². The molecule has 0 aromatic heterocycles. The second-order valence-electron chi connectivity index (χ2n) is 5.18. The number of hydrogen-bond donors (Lipinski definition) is 0. The minimum atomic E-state index is -0.534. The maximum atomic E-state index is 12.7. The standard InChI is InChI=1S/C15H18ClNO3/c1-17(10-13(18)20-2)14(19)15(7-4-8-15)11-5-3-6-12(16)9-11/h3,5-6,9H,4,7-8,10H2,1-2H3. The van der Waals surface area contributed by atoms with E-state index in [2.05, 4.69) is 4.74 Å². The Morgan fingerprint density at radius 3 is 2.60 bits per heavy atom. The van der Waals surface area contributed by atoms with Crippen LogP contribution in [0.3, 0.4) is 0 Å². The summed E-state index contributed by atoms with van der Waals surface area (Å²) < 4.78 is 4.61. The summed E-state index contributed by atoms with van der Waals surface area (Å²) in [6.07, 6.45) is 2.58. The van der Waals surface area contributed by atoms with Gasteiger partial charge in [-0.3, -0.25) is 9.59 Å². The Morgan fingerprint density at radius 1 is 1.40 bits per heavy atom. The Balaban J connectivity index is 2.23. The van der Waals surface area contributed by atoms with Crippen LogP contribution in [0.2, 0.25) is 5.02 Å². The van der Waals surface area contributed by atoms with Gasteiger partial charge < -0.3 is 9.64 Å². The topological polar surface area (TPSA) is 46.6 Å². The number of halogens is 1. The van der Waals surface area contributed by atoms with Gasteiger partial charge in [0.05, 0.1) is 12.5 Å². The van der Waals surface area contributed by atoms with Crippen LogP contribution in [-0.4, -0.2) is 37.5 Å². The van der Waals surface area contributed by atoms with Crippen molar-refractivity contribution in [2.75, 3.05) is 20.7 Å². The third kappa shape index (κ3) is 2.66. The molecule has 0 spiro atoms. The summed E-state index contributed by atoms with van der Waals surface area (Å²) in [6, 6.07) is 7.41. The van der Waals surface area contributed by atoms with Crippen LogP contribution in [0.4, 0.5) is 0 Å². The fourth-order valence-corrected chi connectivity index (χ4v) is 2.83. The van der Waals surface area contributed by atoms with Crippen LogP contribution < -0.4 is 0 Å². The van der Waals surface area contributed by atoms with Crippen LogP contribution in [0.15, 0.2) is 24.3 Å². The first-order valence-electron chi connectivity index (χ1n) is 6.58. The molecule has 1 aliphatic rings. The zero-order chi connectivity index (χ0) is 14.8. The van der Waals surface area contributed by atoms with Crippen molar-refractivity contribution in [3.8, 4) is 0 Å². The Kier molecular flexibility index (Phi) is 4.33. The second-order valence-corrected chi connectivity index (χ2v) is 5.62. The number of benzene rings is 1. The Hall–Kier alpha value is -1.55. The van der Waals surface area contributed by atoms with Gasteiger partial charge in [-0.15, -0.1) is 0 Å². The lowest BCUT2D eigenvalue weighted by atomic mass is 9.63. The third-order valence-electron chi connectivity index (χ3n) is 3.93. The van der Waals surface area contributed by atoms with Crippen molar-refractivity contribution >= 4 is 23.5 Å². The fourth-order valence-electron chi connectivity index (χ4n) is 2.64. The van der Waals surface area contributed by atoms with Gasteiger partial charge in [0.1, 0.15) is 6.54 Å². The van der Waals surface area contributed by atoms with E-state index in [-0.39, 0.29) is 12.5 Å². The van der Waals surface area contributed by atoms with Crippen molar-refractivity contribution in [3.05, 3.63) is 34.9 Å². The van der Waals surface area contributed by atoms with E-state index in [4.69, 9.17) is 11.6 Å². The lowest BCUT2D eigenvalue weighted by molar-refractivity contribution is -0.149. The highest BCUT2D eigenvalue weighted by atomic mass is 35.5. The molecule has 1 aliphatic carbocycles. The monoisotopic (exact) mass is 295 g/mol. The lowest BCUT2D eigenvalue weighted by Gasteiger charge is -2.43. The van der Waals surface area contributed by atoms with Gasteiger partial charge in [0, 0.05) is 12.1 Å². The number of nitrogens with zero attached hydrogens (tertiary/aromatic N) is 1. The van der Waals surface area contributed by atoms with E-state index in [1.54, 1.807) is 13.1 Å². The summed E-state index contributed by atoms with van der Waals surface area (Å²) in [5.41, 5.74) is 0.395. The molecular weight excluding hydrogens is 278 g/mol. The molecule has 0 atom stereocenters. The molecule has 5 heteroatoms. The molecule has 1 saturated carbocycles. The highest BCUT2D eigenvalue weighted by Crippen LogP contribution is 2.45. The first-order chi connectivity index (χ1) is 9.49. The maximum Gasteiger partial charge on any atom is 0.325 e. The minimum absolute atomic E-state index is 0.0301. The summed E-state index contributed by atoms with van der Waals surface area (Å²) in [6.45, 7) is -0.0301. The number of carbonyl (C=O) groups is 2. The molecule has 0 bridgehead atoms. The molecule has 20 heavy (non-hydrogen) atoms. The molecule has 0 saturated heterocycles. The number of ether oxygens (including phenoxy) is 1. The molecular formula is C15H18ClNO3. The normalized spacial score (nSPS) is 16.1. The summed E-state index contributed by atoms with van der Waals surface area (Å²) in [7, 11) is 2.95. The van der Waals surface area contributed by atoms with Crippen molar-refractivity contribution in [1.82, 2.24) is 4.90 Å². The predicted molar refractivity (Wildman–Crippen MR) is 76.6 cm³/mol. The Morgan fingerprint density at radius 2 is 2.10 bits per heavy atom. The molecule has 1 fully saturated rings. The summed E-state index contributed by atoms with van der Waals surface area (Å²) in [5, 5.41) is 0.622. The van der Waals surface area contributed by atoms with Crippen LogP contribution in [0.5, 0.6) is 0 Å². The zero-order valence-corrected chi connectivity index (χ0v) is 12.4. The predicted octanol–water partition coefficient (Wildman–Crippen LogP) is 2.39. The first kappa shape index (κ1) is 14.9. The van der Waals surface area contributed by atoms with Crippen LogP contribution in [-0.2, 0) is 19.7 Å². The molecule has 1 aromatic rings. The van der Waals surface area contributed by atoms with E-state index in [0.29, 0.717) is 5.02 Å². The van der Waals surface area contributed by atoms with Crippen molar-refractivity contribution in [2.24, 2.45) is 0 Å². The van der Waals surface area contributed by atoms with Crippen molar-refractivity contribution in [3.63, 3.8) is 0 Å². The van der Waals surface area contributed by atoms with Crippen molar-refractivity contribution < 1.29 is 14.3 Å². The van der Waals surface area contributed by atoms with E-state index in [1.807, 2.05) is 18.2 Å². The van der Waals surface area contributed by atoms with Crippen LogP contribution >= 0.6 is 11.6 Å². The molecule has 0 N–H and O–H groups in total. The number of esters is 1. The third-order valence-corrected chi connectivity index (χ3v) is 4.17. The number of amides is 1. The smallest absolute Gasteiger partial charge is 0.325 e. The van der Waals surface area contributed by atoms with Gasteiger partial charge in [-0.05, 0) is 30.5 Å². The SMILES string of the molecule is COC(=O)CN(C)C(=O)C1(c2cccc(Cl)c2)CCC1. The van der Waals surface area contributed by atoms with Gasteiger partial charge in [-0.1, -0.05) is 30.2 Å². The molecule has 2 rings (SSSR count). The van der Waals surface area contributed by atoms with Gasteiger partial charge in [0.2, 0.25) is 5.91 Å². The number of carbonyl (C=O) groups excluding carboxylic acids is 2. The van der Waals surface area contributed by atoms with E-state index < -0.39 is 11.4 Å². The molecule has 108 valence electrons. The second kappa shape index (κ2) is 5.83. The highest BCUT2D eigenvalue weighted by molar-refractivity contribution is 6.30. The van der Waals surface area contributed by atoms with Gasteiger partial charge in [-0.2, -0.15) is 0 Å². The van der Waals surface area contributed by atoms with Crippen LogP contribution in [0.1, 0.15) is 24.8 Å². The largest absolute Gasteiger partial charge is 0.468 e. The molecule has 0 unspecified atom stereocenters. The number of hydrogen-bond acceptors (Lipinski definition) is 3. The Bertz CT molecular complexity index is 526. The van der Waals surface area contributed by atoms with E-state index in [1.165, 1.54) is 12.0 Å². The molecule has 1 aromatic carbocycles. The molecule has 0 heterocycles. The van der Waals surface area contributed by atoms with Gasteiger partial charge in [0.25, 0.3) is 0 Å². The Labute approximate surface area is 123 Å². The fraction of sp³-hybridized carbons (Fsp3) is 0.467. The van der Waals surface area contributed by atoms with Crippen molar-refractivity contribution in [1.29, 1.82) is 0 Å². The minimum Gasteiger partial charge on any atom is -0.468 e. The van der Waals surface area contributed by atoms with Gasteiger partial charge >= 0.3 is 5.97 Å². The number of rotatable bonds is 4. The summed E-state index contributed by atoms with van der Waals surface area (Å²) >= 11 is 6.02. The zero-order valence-electron chi connectivity index (χ0n) is 11.7. The van der Waals surface area contributed by atoms with Crippen LogP contribution in [0, 0.1) is 0 Å². The van der Waals surface area contributed by atoms with E-state index in [9.17, 15) is 9.59 Å². The average molecular weight is 296 g/mol. The summed E-state index contributed by atoms with van der Waals surface area (Å²) in [5.74, 6) is -0.460. The molecule has 0 aliphatic heterocycles.